The molecule has 1 aromatic carbocycles. The maximum atomic E-state index is 12.4. The molecule has 0 atom stereocenters. The number of carbonyl (C=O) groups is 1. The highest BCUT2D eigenvalue weighted by molar-refractivity contribution is 5.85. The zero-order valence-electron chi connectivity index (χ0n) is 10.5. The van der Waals surface area contributed by atoms with Crippen LogP contribution in [0, 0.1) is 0 Å². The molecule has 7 heteroatoms. The number of nitrogens with zero attached hydrogens (tertiary/aromatic N) is 2. The first kappa shape index (κ1) is 14.1. The third-order valence-corrected chi connectivity index (χ3v) is 2.82. The summed E-state index contributed by atoms with van der Waals surface area (Å²) < 4.78 is 38.5. The van der Waals surface area contributed by atoms with Crippen molar-refractivity contribution in [1.82, 2.24) is 9.78 Å². The van der Waals surface area contributed by atoms with Crippen LogP contribution in [-0.2, 0) is 19.6 Å². The highest BCUT2D eigenvalue weighted by Crippen LogP contribution is 2.29. The standard InChI is InChI=1S/C13H11F3N2O2/c1-18-11(12(19)20)7-10(17-18)6-8-2-4-9(5-3-8)13(14,15)16/h2-5,7H,6H2,1H3,(H,19,20). The topological polar surface area (TPSA) is 55.1 Å². The first-order valence-corrected chi connectivity index (χ1v) is 5.69. The van der Waals surface area contributed by atoms with Gasteiger partial charge < -0.3 is 5.11 Å². The third kappa shape index (κ3) is 2.98. The second kappa shape index (κ2) is 4.99. The fourth-order valence-electron chi connectivity index (χ4n) is 1.83. The molecule has 0 spiro atoms. The number of rotatable bonds is 3. The Hall–Kier alpha value is -2.31. The molecule has 4 nitrogen and oxygen atoms in total. The van der Waals surface area contributed by atoms with Gasteiger partial charge >= 0.3 is 12.1 Å². The molecule has 0 unspecified atom stereocenters. The van der Waals surface area contributed by atoms with Crippen LogP contribution in [0.3, 0.4) is 0 Å². The number of halogens is 3. The third-order valence-electron chi connectivity index (χ3n) is 2.82. The monoisotopic (exact) mass is 284 g/mol. The van der Waals surface area contributed by atoms with Crippen LogP contribution in [-0.4, -0.2) is 20.9 Å². The fourth-order valence-corrected chi connectivity index (χ4v) is 1.83. The van der Waals surface area contributed by atoms with E-state index in [1.807, 2.05) is 0 Å². The Bertz CT molecular complexity index is 630. The van der Waals surface area contributed by atoms with E-state index >= 15 is 0 Å². The van der Waals surface area contributed by atoms with E-state index in [2.05, 4.69) is 5.10 Å². The van der Waals surface area contributed by atoms with Crippen molar-refractivity contribution in [1.29, 1.82) is 0 Å². The highest BCUT2D eigenvalue weighted by atomic mass is 19.4. The van der Waals surface area contributed by atoms with Gasteiger partial charge in [-0.25, -0.2) is 4.79 Å². The number of benzene rings is 1. The van der Waals surface area contributed by atoms with Crippen LogP contribution in [0.4, 0.5) is 13.2 Å². The van der Waals surface area contributed by atoms with E-state index in [0.717, 1.165) is 12.1 Å². The summed E-state index contributed by atoms with van der Waals surface area (Å²) in [4.78, 5) is 10.9. The van der Waals surface area contributed by atoms with Gasteiger partial charge in [0.25, 0.3) is 0 Å². The summed E-state index contributed by atoms with van der Waals surface area (Å²) in [7, 11) is 1.50. The van der Waals surface area contributed by atoms with Crippen molar-refractivity contribution in [3.8, 4) is 0 Å². The van der Waals surface area contributed by atoms with Crippen molar-refractivity contribution in [2.24, 2.45) is 7.05 Å². The second-order valence-electron chi connectivity index (χ2n) is 4.32. The maximum absolute atomic E-state index is 12.4. The normalized spacial score (nSPS) is 11.6. The lowest BCUT2D eigenvalue weighted by Gasteiger charge is -2.06. The van der Waals surface area contributed by atoms with Gasteiger partial charge in [-0.1, -0.05) is 12.1 Å². The zero-order valence-corrected chi connectivity index (χ0v) is 10.5. The average Bonchev–Trinajstić information content (AvgIpc) is 2.70. The second-order valence-corrected chi connectivity index (χ2v) is 4.32. The SMILES string of the molecule is Cn1nc(Cc2ccc(C(F)(F)F)cc2)cc1C(=O)O. The molecule has 106 valence electrons. The van der Waals surface area contributed by atoms with Crippen LogP contribution in [0.1, 0.15) is 27.3 Å². The van der Waals surface area contributed by atoms with Gasteiger partial charge in [0.1, 0.15) is 5.69 Å². The van der Waals surface area contributed by atoms with Gasteiger partial charge in [0.05, 0.1) is 11.3 Å². The molecule has 0 fully saturated rings. The van der Waals surface area contributed by atoms with Crippen LogP contribution in [0.2, 0.25) is 0 Å². The minimum atomic E-state index is -4.36. The quantitative estimate of drug-likeness (QED) is 0.942. The lowest BCUT2D eigenvalue weighted by Crippen LogP contribution is -2.05. The summed E-state index contributed by atoms with van der Waals surface area (Å²) in [6, 6.07) is 6.11. The zero-order chi connectivity index (χ0) is 14.9. The predicted molar refractivity (Wildman–Crippen MR) is 64.4 cm³/mol. The Morgan fingerprint density at radius 1 is 1.30 bits per heavy atom. The number of aryl methyl sites for hydroxylation is 1. The summed E-state index contributed by atoms with van der Waals surface area (Å²) in [5, 5.41) is 12.9. The summed E-state index contributed by atoms with van der Waals surface area (Å²) in [6.45, 7) is 0. The number of carboxylic acids is 1. The van der Waals surface area contributed by atoms with E-state index in [1.54, 1.807) is 0 Å². The molecule has 0 radical (unpaired) electrons. The van der Waals surface area contributed by atoms with Gasteiger partial charge in [-0.2, -0.15) is 18.3 Å². The highest BCUT2D eigenvalue weighted by Gasteiger charge is 2.29. The van der Waals surface area contributed by atoms with E-state index in [9.17, 15) is 18.0 Å². The number of carboxylic acid groups (broad SMARTS) is 1. The van der Waals surface area contributed by atoms with Crippen molar-refractivity contribution in [3.05, 3.63) is 52.8 Å². The van der Waals surface area contributed by atoms with Gasteiger partial charge in [0.2, 0.25) is 0 Å². The number of hydrogen-bond donors (Lipinski definition) is 1. The molecule has 20 heavy (non-hydrogen) atoms. The molecule has 0 saturated heterocycles. The van der Waals surface area contributed by atoms with Crippen LogP contribution in [0.15, 0.2) is 30.3 Å². The van der Waals surface area contributed by atoms with Gasteiger partial charge in [-0.05, 0) is 23.8 Å². The molecule has 1 heterocycles. The van der Waals surface area contributed by atoms with Gasteiger partial charge in [0, 0.05) is 13.5 Å². The van der Waals surface area contributed by atoms with Gasteiger partial charge in [0.15, 0.2) is 0 Å². The molecule has 0 aliphatic heterocycles. The fraction of sp³-hybridized carbons (Fsp3) is 0.231. The van der Waals surface area contributed by atoms with Crippen molar-refractivity contribution < 1.29 is 23.1 Å². The van der Waals surface area contributed by atoms with Crippen molar-refractivity contribution >= 4 is 5.97 Å². The predicted octanol–water partition coefficient (Wildman–Crippen LogP) is 2.73. The number of alkyl halides is 3. The molecule has 1 N–H and O–H groups in total. The Morgan fingerprint density at radius 3 is 2.35 bits per heavy atom. The summed E-state index contributed by atoms with van der Waals surface area (Å²) in [6.07, 6.45) is -4.08. The molecule has 0 bridgehead atoms. The van der Waals surface area contributed by atoms with Crippen LogP contribution in [0.5, 0.6) is 0 Å². The van der Waals surface area contributed by atoms with Crippen LogP contribution in [0.25, 0.3) is 0 Å². The summed E-state index contributed by atoms with van der Waals surface area (Å²) >= 11 is 0. The smallest absolute Gasteiger partial charge is 0.416 e. The van der Waals surface area contributed by atoms with Gasteiger partial charge in [-0.3, -0.25) is 4.68 Å². The number of aromatic nitrogens is 2. The van der Waals surface area contributed by atoms with E-state index in [1.165, 1.54) is 29.9 Å². The Balaban J connectivity index is 2.18. The van der Waals surface area contributed by atoms with Crippen molar-refractivity contribution in [2.75, 3.05) is 0 Å². The lowest BCUT2D eigenvalue weighted by molar-refractivity contribution is -0.137. The largest absolute Gasteiger partial charge is 0.477 e. The molecule has 2 rings (SSSR count). The molecule has 2 aromatic rings. The number of aromatic carboxylic acids is 1. The van der Waals surface area contributed by atoms with Gasteiger partial charge in [-0.15, -0.1) is 0 Å². The molecular formula is C13H11F3N2O2. The molecule has 0 aliphatic carbocycles. The number of hydrogen-bond acceptors (Lipinski definition) is 2. The lowest BCUT2D eigenvalue weighted by atomic mass is 10.1. The summed E-state index contributed by atoms with van der Waals surface area (Å²) in [5.41, 5.74) is 0.443. The molecule has 1 aromatic heterocycles. The van der Waals surface area contributed by atoms with Crippen molar-refractivity contribution in [2.45, 2.75) is 12.6 Å². The van der Waals surface area contributed by atoms with E-state index in [-0.39, 0.29) is 12.1 Å². The van der Waals surface area contributed by atoms with E-state index in [4.69, 9.17) is 5.11 Å². The minimum Gasteiger partial charge on any atom is -0.477 e. The molecule has 0 saturated carbocycles. The Labute approximate surface area is 112 Å². The molecule has 0 aliphatic rings. The molecular weight excluding hydrogens is 273 g/mol. The first-order chi connectivity index (χ1) is 9.27. The van der Waals surface area contributed by atoms with Crippen molar-refractivity contribution in [3.63, 3.8) is 0 Å². The maximum Gasteiger partial charge on any atom is 0.416 e. The summed E-state index contributed by atoms with van der Waals surface area (Å²) in [5.74, 6) is -1.10. The van der Waals surface area contributed by atoms with E-state index < -0.39 is 17.7 Å². The first-order valence-electron chi connectivity index (χ1n) is 5.69. The van der Waals surface area contributed by atoms with Crippen LogP contribution < -0.4 is 0 Å². The van der Waals surface area contributed by atoms with Crippen LogP contribution >= 0.6 is 0 Å². The Morgan fingerprint density at radius 2 is 1.90 bits per heavy atom. The van der Waals surface area contributed by atoms with E-state index in [0.29, 0.717) is 11.3 Å². The Kier molecular flexibility index (Phi) is 3.52. The minimum absolute atomic E-state index is 0.0342. The average molecular weight is 284 g/mol. The molecule has 0 amide bonds.